The molecule has 0 saturated carbocycles. The number of phosphoric acid groups is 3. The lowest BCUT2D eigenvalue weighted by molar-refractivity contribution is -0.113. The summed E-state index contributed by atoms with van der Waals surface area (Å²) in [4.78, 5) is 66.3. The molecule has 0 amide bonds. The summed E-state index contributed by atoms with van der Waals surface area (Å²) >= 11 is 1.67. The van der Waals surface area contributed by atoms with Crippen LogP contribution < -0.4 is 11.2 Å². The number of ether oxygens (including phenoxy) is 1. The second-order valence-electron chi connectivity index (χ2n) is 7.74. The summed E-state index contributed by atoms with van der Waals surface area (Å²) in [5, 5.41) is 21.5. The summed E-state index contributed by atoms with van der Waals surface area (Å²) in [6.45, 7) is -0.119. The highest BCUT2D eigenvalue weighted by Gasteiger charge is 2.57. The van der Waals surface area contributed by atoms with Gasteiger partial charge in [0, 0.05) is 37.3 Å². The number of H-pyrrole nitrogens is 2. The van der Waals surface area contributed by atoms with Gasteiger partial charge < -0.3 is 39.5 Å². The smallest absolute Gasteiger partial charge is 0.387 e. The second-order valence-corrected chi connectivity index (χ2v) is 13.4. The third-order valence-electron chi connectivity index (χ3n) is 5.20. The molecule has 0 bridgehead atoms. The van der Waals surface area contributed by atoms with Crippen LogP contribution in [0.15, 0.2) is 15.8 Å². The van der Waals surface area contributed by atoms with E-state index in [1.54, 1.807) is 11.8 Å². The molecule has 2 unspecified atom stereocenters. The van der Waals surface area contributed by atoms with Crippen LogP contribution in [0.1, 0.15) is 5.56 Å². The van der Waals surface area contributed by atoms with Gasteiger partial charge in [0.1, 0.15) is 23.9 Å². The van der Waals surface area contributed by atoms with E-state index >= 15 is 0 Å². The molecule has 2 fully saturated rings. The first kappa shape index (κ1) is 29.8. The van der Waals surface area contributed by atoms with Gasteiger partial charge in [-0.3, -0.25) is 19.2 Å². The first-order valence-electron chi connectivity index (χ1n) is 9.98. The van der Waals surface area contributed by atoms with E-state index in [1.807, 2.05) is 9.88 Å². The van der Waals surface area contributed by atoms with Gasteiger partial charge in [-0.2, -0.15) is 20.4 Å². The van der Waals surface area contributed by atoms with Gasteiger partial charge in [0.25, 0.3) is 5.56 Å². The second kappa shape index (κ2) is 11.2. The number of aromatic amines is 2. The Balaban J connectivity index is 1.83. The minimum absolute atomic E-state index is 0.132. The molecule has 206 valence electrons. The third-order valence-corrected chi connectivity index (χ3v) is 9.94. The molecule has 2 aliphatic rings. The summed E-state index contributed by atoms with van der Waals surface area (Å²) in [7, 11) is -16.9. The highest BCUT2D eigenvalue weighted by molar-refractivity contribution is 7.99. The maximum atomic E-state index is 12.6. The van der Waals surface area contributed by atoms with Crippen LogP contribution in [0.2, 0.25) is 0 Å². The van der Waals surface area contributed by atoms with E-state index in [4.69, 9.17) is 14.5 Å². The average Bonchev–Trinajstić information content (AvgIpc) is 2.96. The minimum Gasteiger partial charge on any atom is -0.387 e. The Morgan fingerprint density at radius 3 is 2.31 bits per heavy atom. The van der Waals surface area contributed by atoms with Gasteiger partial charge >= 0.3 is 29.2 Å². The lowest BCUT2D eigenvalue weighted by atomic mass is 9.87. The number of nitrogens with one attached hydrogen (secondary N) is 2. The third kappa shape index (κ3) is 7.44. The molecule has 1 aromatic rings. The van der Waals surface area contributed by atoms with Crippen molar-refractivity contribution in [2.24, 2.45) is 0 Å². The molecular formula is C14H24N3O15P3S. The average molecular weight is 599 g/mol. The fourth-order valence-electron chi connectivity index (χ4n) is 3.75. The summed E-state index contributed by atoms with van der Waals surface area (Å²) in [6, 6.07) is 0. The molecule has 3 heterocycles. The van der Waals surface area contributed by atoms with E-state index < -0.39 is 65.2 Å². The molecule has 0 spiro atoms. The molecule has 36 heavy (non-hydrogen) atoms. The van der Waals surface area contributed by atoms with E-state index in [0.29, 0.717) is 13.1 Å². The Hall–Kier alpha value is -0.720. The summed E-state index contributed by atoms with van der Waals surface area (Å²) in [6.07, 6.45) is -4.26. The summed E-state index contributed by atoms with van der Waals surface area (Å²) in [5.41, 5.74) is -3.97. The Kier molecular flexibility index (Phi) is 9.26. The number of hydrogen-bond acceptors (Lipinski definition) is 13. The van der Waals surface area contributed by atoms with Crippen molar-refractivity contribution in [1.29, 1.82) is 0 Å². The van der Waals surface area contributed by atoms with E-state index in [-0.39, 0.29) is 12.1 Å². The van der Waals surface area contributed by atoms with Gasteiger partial charge in [0.2, 0.25) is 0 Å². The van der Waals surface area contributed by atoms with Gasteiger partial charge in [-0.15, -0.1) is 0 Å². The van der Waals surface area contributed by atoms with Crippen molar-refractivity contribution in [3.05, 3.63) is 32.6 Å². The molecule has 0 aliphatic carbocycles. The van der Waals surface area contributed by atoms with Crippen molar-refractivity contribution in [2.45, 2.75) is 23.9 Å². The molecule has 18 nitrogen and oxygen atoms in total. The van der Waals surface area contributed by atoms with Gasteiger partial charge in [0.05, 0.1) is 12.2 Å². The van der Waals surface area contributed by atoms with Gasteiger partial charge in [-0.25, -0.2) is 18.5 Å². The van der Waals surface area contributed by atoms with Crippen LogP contribution in [0.5, 0.6) is 0 Å². The number of rotatable bonds is 10. The van der Waals surface area contributed by atoms with Crippen LogP contribution in [0.4, 0.5) is 0 Å². The van der Waals surface area contributed by atoms with Crippen LogP contribution in [0.25, 0.3) is 0 Å². The van der Waals surface area contributed by atoms with Crippen LogP contribution >= 0.6 is 35.2 Å². The first-order valence-corrected chi connectivity index (χ1v) is 15.7. The van der Waals surface area contributed by atoms with Crippen molar-refractivity contribution < 1.29 is 61.4 Å². The summed E-state index contributed by atoms with van der Waals surface area (Å²) < 4.78 is 51.8. The van der Waals surface area contributed by atoms with Crippen molar-refractivity contribution in [3.63, 3.8) is 0 Å². The standard InChI is InChI=1S/C14H24N3O15P3S/c18-10-9(6-29-34(25,26)32-35(27,28)31-33(22,23)24)30-14(11(10)19,7-17-1-3-36-4-2-17)8-5-15-13(21)16-12(8)20/h5,9-11,18-19H,1-4,6-7H2,(H,25,26)(H,27,28)(H2,22,23,24)(H2,15,16,20,21)/t9-,10-,11-,14+/m1/s1. The van der Waals surface area contributed by atoms with Crippen molar-refractivity contribution in [1.82, 2.24) is 14.9 Å². The molecule has 0 radical (unpaired) electrons. The number of nitrogens with zero attached hydrogens (tertiary/aromatic N) is 1. The lowest BCUT2D eigenvalue weighted by Gasteiger charge is -2.38. The number of phosphoric ester groups is 1. The molecule has 22 heteroatoms. The number of aliphatic hydroxyl groups excluding tert-OH is 2. The van der Waals surface area contributed by atoms with Crippen LogP contribution in [0.3, 0.4) is 0 Å². The fourth-order valence-corrected chi connectivity index (χ4v) is 7.76. The molecule has 1 aromatic heterocycles. The summed E-state index contributed by atoms with van der Waals surface area (Å²) in [5.74, 6) is 1.46. The largest absolute Gasteiger partial charge is 0.490 e. The Bertz CT molecular complexity index is 1200. The first-order chi connectivity index (χ1) is 16.5. The number of aromatic nitrogens is 2. The number of hydrogen-bond donors (Lipinski definition) is 8. The van der Waals surface area contributed by atoms with E-state index in [1.165, 1.54) is 0 Å². The monoisotopic (exact) mass is 599 g/mol. The molecule has 0 aromatic carbocycles. The van der Waals surface area contributed by atoms with Crippen LogP contribution in [-0.4, -0.2) is 101 Å². The lowest BCUT2D eigenvalue weighted by Crippen LogP contribution is -2.53. The molecule has 3 rings (SSSR count). The van der Waals surface area contributed by atoms with E-state index in [2.05, 4.69) is 18.1 Å². The highest BCUT2D eigenvalue weighted by atomic mass is 32.2. The minimum atomic E-state index is -5.77. The van der Waals surface area contributed by atoms with Crippen molar-refractivity contribution >= 4 is 35.2 Å². The Morgan fingerprint density at radius 1 is 1.08 bits per heavy atom. The molecule has 6 atom stereocenters. The number of aliphatic hydroxyl groups is 2. The predicted molar refractivity (Wildman–Crippen MR) is 120 cm³/mol. The normalized spacial score (nSPS) is 31.1. The van der Waals surface area contributed by atoms with Crippen LogP contribution in [-0.2, 0) is 37.2 Å². The Morgan fingerprint density at radius 2 is 1.72 bits per heavy atom. The van der Waals surface area contributed by atoms with Gasteiger partial charge in [-0.05, 0) is 0 Å². The highest BCUT2D eigenvalue weighted by Crippen LogP contribution is 2.66. The molecule has 8 N–H and O–H groups in total. The zero-order valence-electron chi connectivity index (χ0n) is 18.1. The predicted octanol–water partition coefficient (Wildman–Crippen LogP) is -2.23. The van der Waals surface area contributed by atoms with E-state index in [9.17, 15) is 43.3 Å². The molecule has 2 aliphatic heterocycles. The van der Waals surface area contributed by atoms with Crippen LogP contribution in [0, 0.1) is 0 Å². The zero-order valence-corrected chi connectivity index (χ0v) is 21.6. The van der Waals surface area contributed by atoms with Crippen molar-refractivity contribution in [3.8, 4) is 0 Å². The van der Waals surface area contributed by atoms with Crippen molar-refractivity contribution in [2.75, 3.05) is 37.7 Å². The quantitative estimate of drug-likeness (QED) is 0.132. The zero-order chi connectivity index (χ0) is 26.9. The maximum absolute atomic E-state index is 12.6. The SMILES string of the molecule is O=c1[nH]cc([C@]2(CN3CCSCC3)O[C@H](COP(=O)(O)OP(=O)(O)OP(=O)(O)O)[C@@H](O)[C@H]2O)c(=O)[nH]1. The number of thioether (sulfide) groups is 1. The maximum Gasteiger partial charge on any atom is 0.490 e. The topological polar surface area (TPSA) is 278 Å². The van der Waals surface area contributed by atoms with Gasteiger partial charge in [-0.1, -0.05) is 0 Å². The Labute approximate surface area is 206 Å². The van der Waals surface area contributed by atoms with E-state index in [0.717, 1.165) is 17.7 Å². The fraction of sp³-hybridized carbons (Fsp3) is 0.714. The van der Waals surface area contributed by atoms with Gasteiger partial charge in [0.15, 0.2) is 0 Å². The molecule has 2 saturated heterocycles. The molecular weight excluding hydrogens is 575 g/mol.